The number of thiazole rings is 1. The van der Waals surface area contributed by atoms with Gasteiger partial charge >= 0.3 is 0 Å². The summed E-state index contributed by atoms with van der Waals surface area (Å²) in [5.74, 6) is 6.85. The number of aliphatic hydroxyl groups excluding tert-OH is 1. The zero-order valence-electron chi connectivity index (χ0n) is 44.4. The van der Waals surface area contributed by atoms with Gasteiger partial charge in [-0.3, -0.25) is 9.59 Å². The maximum absolute atomic E-state index is 14.2. The lowest BCUT2D eigenvalue weighted by Crippen LogP contribution is -2.63. The molecule has 7 heterocycles. The molecule has 4 aliphatic carbocycles. The van der Waals surface area contributed by atoms with Crippen LogP contribution >= 0.6 is 11.3 Å². The topological polar surface area (TPSA) is 228 Å². The number of aromatic nitrogens is 5. The predicted molar refractivity (Wildman–Crippen MR) is 294 cm³/mol. The Kier molecular flexibility index (Phi) is 13.8. The fraction of sp³-hybridized carbons (Fsp3) is 0.475. The highest BCUT2D eigenvalue weighted by molar-refractivity contribution is 7.13. The van der Waals surface area contributed by atoms with Crippen LogP contribution in [0.5, 0.6) is 17.5 Å². The molecule has 6 atom stereocenters. The summed E-state index contributed by atoms with van der Waals surface area (Å²) >= 11 is 1.59. The van der Waals surface area contributed by atoms with Crippen LogP contribution in [-0.4, -0.2) is 122 Å². The number of phenolic OH excluding ortho intramolecular Hbond substituents is 1. The average Bonchev–Trinajstić information content (AvgIpc) is 2.70. The van der Waals surface area contributed by atoms with Crippen molar-refractivity contribution in [3.05, 3.63) is 102 Å². The molecule has 0 radical (unpaired) electrons. The molecule has 1 unspecified atom stereocenters. The molecule has 406 valence electrons. The number of hydrogen-bond donors (Lipinski definition) is 4. The van der Waals surface area contributed by atoms with Gasteiger partial charge in [0.1, 0.15) is 23.8 Å². The Morgan fingerprint density at radius 3 is 2.44 bits per heavy atom. The second-order valence-electron chi connectivity index (χ2n) is 22.9. The number of phenols is 1. The highest BCUT2D eigenvalue weighted by Crippen LogP contribution is 2.73. The van der Waals surface area contributed by atoms with Gasteiger partial charge in [0.25, 0.3) is 5.88 Å². The van der Waals surface area contributed by atoms with E-state index >= 15 is 0 Å². The zero-order valence-corrected chi connectivity index (χ0v) is 45.2. The van der Waals surface area contributed by atoms with Crippen molar-refractivity contribution in [3.8, 4) is 51.0 Å². The quantitative estimate of drug-likeness (QED) is 0.0638. The molecule has 2 amide bonds. The van der Waals surface area contributed by atoms with Gasteiger partial charge in [0, 0.05) is 86.0 Å². The summed E-state index contributed by atoms with van der Waals surface area (Å²) in [4.78, 5) is 44.3. The number of amides is 2. The van der Waals surface area contributed by atoms with E-state index in [9.17, 15) is 19.8 Å². The SMILES string of the molecule is Cc1ncsc1-c1ccc([C@H](C)NC(=O)[C@@H]2C[C@@H](O)CN2C(=O)[C@@H](c2cc(OCC#CC34CC(COC5CC(Oc6cc(N7C8CC[C@@H]7CN(c7cc(-c9ccccc9O)nnc7N)C8)ccn6)C5)(C3)C4)no2)C(C)C)cc1. The number of ether oxygens (including phenoxy) is 3. The molecule has 2 aromatic carbocycles. The van der Waals surface area contributed by atoms with Crippen molar-refractivity contribution in [2.45, 2.75) is 127 Å². The Hall–Kier alpha value is -7.27. The molecule has 19 heteroatoms. The molecule has 3 saturated heterocycles. The first-order chi connectivity index (χ1) is 37.7. The number of carbonyl (C=O) groups is 2. The third kappa shape index (κ3) is 10.1. The lowest BCUT2D eigenvalue weighted by atomic mass is 9.36. The second kappa shape index (κ2) is 20.8. The Morgan fingerprint density at radius 2 is 1.71 bits per heavy atom. The van der Waals surface area contributed by atoms with Gasteiger partial charge in [0.2, 0.25) is 17.7 Å². The fourth-order valence-electron chi connectivity index (χ4n) is 13.0. The van der Waals surface area contributed by atoms with Gasteiger partial charge in [-0.2, -0.15) is 0 Å². The summed E-state index contributed by atoms with van der Waals surface area (Å²) < 4.78 is 24.4. The normalized spacial score (nSPS) is 26.5. The smallest absolute Gasteiger partial charge is 0.255 e. The largest absolute Gasteiger partial charge is 0.507 e. The number of hydrogen-bond acceptors (Lipinski definition) is 17. The minimum Gasteiger partial charge on any atom is -0.507 e. The highest BCUT2D eigenvalue weighted by Gasteiger charge is 2.67. The number of β-amino-alcohol motifs (C(OH)–C–C–N with tert-alkyl or cyclic N) is 1. The molecule has 78 heavy (non-hydrogen) atoms. The molecule has 4 saturated carbocycles. The molecule has 18 nitrogen and oxygen atoms in total. The first-order valence-corrected chi connectivity index (χ1v) is 28.2. The molecule has 5 N–H and O–H groups in total. The number of piperazine rings is 1. The number of para-hydroxylation sites is 1. The van der Waals surface area contributed by atoms with Gasteiger partial charge in [-0.05, 0) is 97.8 Å². The summed E-state index contributed by atoms with van der Waals surface area (Å²) in [7, 11) is 0. The molecule has 4 aromatic heterocycles. The summed E-state index contributed by atoms with van der Waals surface area (Å²) in [6.45, 7) is 10.2. The van der Waals surface area contributed by atoms with Gasteiger partial charge in [-0.1, -0.05) is 62.1 Å². The van der Waals surface area contributed by atoms with E-state index in [1.165, 1.54) is 4.90 Å². The number of nitrogens with one attached hydrogen (secondary N) is 1. The van der Waals surface area contributed by atoms with Crippen LogP contribution in [0.15, 0.2) is 89.0 Å². The molecule has 7 fully saturated rings. The summed E-state index contributed by atoms with van der Waals surface area (Å²) in [5.41, 5.74) is 14.5. The van der Waals surface area contributed by atoms with Crippen LogP contribution in [0.3, 0.4) is 0 Å². The Labute approximate surface area is 457 Å². The number of aromatic hydroxyl groups is 1. The lowest BCUT2D eigenvalue weighted by molar-refractivity contribution is -0.216. The van der Waals surface area contributed by atoms with E-state index < -0.39 is 18.1 Å². The van der Waals surface area contributed by atoms with Crippen molar-refractivity contribution >= 4 is 40.3 Å². The molecule has 0 spiro atoms. The highest BCUT2D eigenvalue weighted by atomic mass is 32.1. The van der Waals surface area contributed by atoms with E-state index in [0.29, 0.717) is 28.7 Å². The van der Waals surface area contributed by atoms with Crippen molar-refractivity contribution in [2.24, 2.45) is 16.7 Å². The standard InChI is InChI=1S/C59H66N10O8S/c1-34(2)53(57(73)68-28-42(70)21-48(68)56(72)63-35(3)37-10-12-38(13-11-37)54-36(4)62-33-78-54)50-25-52(66-77-50)74-19-7-17-58-29-59(30-58,31-58)32-75-43-22-44(23-43)76-51-20-39(16-18-61-51)69-40-14-15-41(69)27-67(26-40)47-24-46(64-65-55(47)60)45-8-5-6-9-49(45)71/h5-6,8-13,16,18,20,24-25,33-35,40-44,48,53,70-71H,14-15,19,21-23,26-32H2,1-4H3,(H2,60,65)(H,63,72)/t35-,40+,41?,42+,43?,44?,48-,53+,58?,59?/m0/s1. The molecule has 7 aliphatic rings. The van der Waals surface area contributed by atoms with Gasteiger partial charge in [-0.15, -0.1) is 21.5 Å². The van der Waals surface area contributed by atoms with Crippen molar-refractivity contribution in [1.29, 1.82) is 0 Å². The molecule has 6 aromatic rings. The summed E-state index contributed by atoms with van der Waals surface area (Å²) in [5, 5.41) is 36.9. The third-order valence-corrected chi connectivity index (χ3v) is 17.9. The molecule has 4 bridgehead atoms. The van der Waals surface area contributed by atoms with Crippen LogP contribution in [-0.2, 0) is 14.3 Å². The monoisotopic (exact) mass is 1070 g/mol. The van der Waals surface area contributed by atoms with Crippen LogP contribution < -0.4 is 30.3 Å². The number of aliphatic hydroxyl groups is 1. The van der Waals surface area contributed by atoms with Gasteiger partial charge < -0.3 is 54.7 Å². The Morgan fingerprint density at radius 1 is 0.936 bits per heavy atom. The maximum atomic E-state index is 14.2. The fourth-order valence-corrected chi connectivity index (χ4v) is 13.9. The molecule has 13 rings (SSSR count). The average molecular weight is 1080 g/mol. The van der Waals surface area contributed by atoms with E-state index in [0.717, 1.165) is 97.7 Å². The number of nitrogens with zero attached hydrogens (tertiary/aromatic N) is 8. The van der Waals surface area contributed by atoms with Crippen molar-refractivity contribution < 1.29 is 38.5 Å². The minimum absolute atomic E-state index is 0.00186. The molecule has 3 aliphatic heterocycles. The molecular formula is C59H66N10O8S. The van der Waals surface area contributed by atoms with Crippen LogP contribution in [0.25, 0.3) is 21.7 Å². The number of fused-ring (bicyclic) bond motifs is 2. The first kappa shape index (κ1) is 51.5. The number of rotatable bonds is 17. The number of benzene rings is 2. The summed E-state index contributed by atoms with van der Waals surface area (Å²) in [6.07, 6.45) is 8.20. The third-order valence-electron chi connectivity index (χ3n) is 17.0. The van der Waals surface area contributed by atoms with E-state index in [2.05, 4.69) is 64.4 Å². The van der Waals surface area contributed by atoms with Crippen LogP contribution in [0, 0.1) is 35.5 Å². The van der Waals surface area contributed by atoms with Crippen molar-refractivity contribution in [3.63, 3.8) is 0 Å². The summed E-state index contributed by atoms with van der Waals surface area (Å²) in [6, 6.07) is 22.3. The lowest BCUT2D eigenvalue weighted by Gasteiger charge is -2.68. The van der Waals surface area contributed by atoms with E-state index in [-0.39, 0.29) is 90.1 Å². The van der Waals surface area contributed by atoms with Crippen LogP contribution in [0.1, 0.15) is 101 Å². The maximum Gasteiger partial charge on any atom is 0.255 e. The minimum atomic E-state index is -0.838. The van der Waals surface area contributed by atoms with E-state index in [4.69, 9.17) is 24.5 Å². The number of nitrogens with two attached hydrogens (primary N) is 1. The van der Waals surface area contributed by atoms with Crippen molar-refractivity contribution in [1.82, 2.24) is 35.5 Å². The Balaban J connectivity index is 0.572. The second-order valence-corrected chi connectivity index (χ2v) is 23.8. The number of pyridine rings is 1. The van der Waals surface area contributed by atoms with Gasteiger partial charge in [0.15, 0.2) is 18.2 Å². The van der Waals surface area contributed by atoms with Gasteiger partial charge in [-0.25, -0.2) is 9.97 Å². The number of aryl methyl sites for hydroxylation is 1. The number of anilines is 3. The van der Waals surface area contributed by atoms with Crippen LogP contribution in [0.2, 0.25) is 0 Å². The molecular weight excluding hydrogens is 1010 g/mol. The van der Waals surface area contributed by atoms with E-state index in [1.807, 2.05) is 81.9 Å². The van der Waals surface area contributed by atoms with Crippen molar-refractivity contribution in [2.75, 3.05) is 48.4 Å². The zero-order chi connectivity index (χ0) is 53.9. The predicted octanol–water partition coefficient (Wildman–Crippen LogP) is 7.86. The van der Waals surface area contributed by atoms with Gasteiger partial charge in [0.05, 0.1) is 52.3 Å². The number of carbonyl (C=O) groups excluding carboxylic acids is 2. The number of likely N-dealkylation sites (tertiary alicyclic amines) is 1. The Bertz CT molecular complexity index is 3220. The van der Waals surface area contributed by atoms with Crippen LogP contribution in [0.4, 0.5) is 17.2 Å². The number of nitrogen functional groups attached to an aromatic ring is 1. The first-order valence-electron chi connectivity index (χ1n) is 27.3. The van der Waals surface area contributed by atoms with E-state index in [1.54, 1.807) is 29.5 Å².